The summed E-state index contributed by atoms with van der Waals surface area (Å²) in [5.74, 6) is 1.39. The Kier molecular flexibility index (Phi) is 7.00. The van der Waals surface area contributed by atoms with Crippen LogP contribution in [0.4, 0.5) is 0 Å². The quantitative estimate of drug-likeness (QED) is 0.553. The molecule has 1 aliphatic rings. The van der Waals surface area contributed by atoms with Crippen molar-refractivity contribution in [3.63, 3.8) is 0 Å². The van der Waals surface area contributed by atoms with Gasteiger partial charge in [0.15, 0.2) is 0 Å². The van der Waals surface area contributed by atoms with Gasteiger partial charge in [0.2, 0.25) is 5.91 Å². The summed E-state index contributed by atoms with van der Waals surface area (Å²) >= 11 is 0. The lowest BCUT2D eigenvalue weighted by Gasteiger charge is -2.20. The van der Waals surface area contributed by atoms with Crippen LogP contribution in [-0.4, -0.2) is 55.8 Å². The Morgan fingerprint density at radius 2 is 1.75 bits per heavy atom. The van der Waals surface area contributed by atoms with Crippen molar-refractivity contribution in [1.82, 2.24) is 14.8 Å². The topological polar surface area (TPSA) is 55.7 Å². The lowest BCUT2D eigenvalue weighted by atomic mass is 9.87. The first-order valence-electron chi connectivity index (χ1n) is 11.3. The van der Waals surface area contributed by atoms with Crippen molar-refractivity contribution >= 4 is 16.8 Å². The van der Waals surface area contributed by atoms with Crippen LogP contribution in [0.5, 0.6) is 11.5 Å². The van der Waals surface area contributed by atoms with Crippen LogP contribution >= 0.6 is 0 Å². The molecule has 1 saturated heterocycles. The highest BCUT2D eigenvalue weighted by Crippen LogP contribution is 2.37. The standard InChI is InChI=1S/C26H33N3O3/c1-28-18-24(22-8-4-5-9-25(22)28)23(19-14-20(31-2)16-21(15-19)32-3)17-26(30)27-10-13-29-11-6-7-12-29/h4-5,8-9,14-16,18,23H,6-7,10-13,17H2,1-3H3,(H,27,30)/t23-/m0/s1. The third-order valence-electron chi connectivity index (χ3n) is 6.42. The molecule has 0 spiro atoms. The van der Waals surface area contributed by atoms with Crippen LogP contribution in [0.25, 0.3) is 10.9 Å². The van der Waals surface area contributed by atoms with Gasteiger partial charge in [-0.05, 0) is 55.3 Å². The van der Waals surface area contributed by atoms with Crippen LogP contribution in [0.1, 0.15) is 36.3 Å². The summed E-state index contributed by atoms with van der Waals surface area (Å²) in [6, 6.07) is 14.2. The number of benzene rings is 2. The number of amides is 1. The van der Waals surface area contributed by atoms with Crippen molar-refractivity contribution < 1.29 is 14.3 Å². The van der Waals surface area contributed by atoms with Crippen molar-refractivity contribution in [2.75, 3.05) is 40.4 Å². The van der Waals surface area contributed by atoms with Crippen molar-refractivity contribution in [3.8, 4) is 11.5 Å². The Bertz CT molecular complexity index is 1050. The third kappa shape index (κ3) is 4.91. The molecular formula is C26H33N3O3. The molecule has 0 bridgehead atoms. The van der Waals surface area contributed by atoms with E-state index in [4.69, 9.17) is 9.47 Å². The smallest absolute Gasteiger partial charge is 0.220 e. The van der Waals surface area contributed by atoms with Gasteiger partial charge in [0.1, 0.15) is 11.5 Å². The maximum Gasteiger partial charge on any atom is 0.220 e. The fourth-order valence-corrected chi connectivity index (χ4v) is 4.71. The summed E-state index contributed by atoms with van der Waals surface area (Å²) in [5, 5.41) is 4.30. The van der Waals surface area contributed by atoms with Gasteiger partial charge >= 0.3 is 0 Å². The number of fused-ring (bicyclic) bond motifs is 1. The molecule has 1 fully saturated rings. The molecule has 1 N–H and O–H groups in total. The van der Waals surface area contributed by atoms with Gasteiger partial charge in [0.05, 0.1) is 14.2 Å². The van der Waals surface area contributed by atoms with E-state index in [-0.39, 0.29) is 11.8 Å². The molecule has 1 amide bonds. The Morgan fingerprint density at radius 1 is 1.06 bits per heavy atom. The molecule has 3 aromatic rings. The minimum absolute atomic E-state index is 0.0592. The van der Waals surface area contributed by atoms with Gasteiger partial charge in [-0.2, -0.15) is 0 Å². The number of aromatic nitrogens is 1. The fourth-order valence-electron chi connectivity index (χ4n) is 4.71. The van der Waals surface area contributed by atoms with E-state index in [0.29, 0.717) is 13.0 Å². The molecule has 2 heterocycles. The molecule has 0 radical (unpaired) electrons. The highest BCUT2D eigenvalue weighted by molar-refractivity contribution is 5.86. The van der Waals surface area contributed by atoms with Crippen molar-refractivity contribution in [1.29, 1.82) is 0 Å². The Morgan fingerprint density at radius 3 is 2.44 bits per heavy atom. The third-order valence-corrected chi connectivity index (χ3v) is 6.42. The van der Waals surface area contributed by atoms with E-state index in [1.54, 1.807) is 14.2 Å². The monoisotopic (exact) mass is 435 g/mol. The second-order valence-electron chi connectivity index (χ2n) is 8.51. The molecule has 0 saturated carbocycles. The number of ether oxygens (including phenoxy) is 2. The maximum absolute atomic E-state index is 13.0. The minimum atomic E-state index is -0.114. The SMILES string of the molecule is COc1cc(OC)cc([C@H](CC(=O)NCCN2CCCC2)c2cn(C)c3ccccc23)c1. The summed E-state index contributed by atoms with van der Waals surface area (Å²) in [4.78, 5) is 15.4. The fraction of sp³-hybridized carbons (Fsp3) is 0.423. The van der Waals surface area contributed by atoms with Gasteiger partial charge in [-0.3, -0.25) is 4.79 Å². The zero-order valence-corrected chi connectivity index (χ0v) is 19.3. The first kappa shape index (κ1) is 22.2. The maximum atomic E-state index is 13.0. The lowest BCUT2D eigenvalue weighted by molar-refractivity contribution is -0.121. The Labute approximate surface area is 190 Å². The number of likely N-dealkylation sites (tertiary alicyclic amines) is 1. The summed E-state index contributed by atoms with van der Waals surface area (Å²) in [7, 11) is 5.35. The number of methoxy groups -OCH3 is 2. The zero-order valence-electron chi connectivity index (χ0n) is 19.3. The molecule has 1 aromatic heterocycles. The molecule has 1 atom stereocenters. The van der Waals surface area contributed by atoms with Crippen LogP contribution in [0.3, 0.4) is 0 Å². The predicted molar refractivity (Wildman–Crippen MR) is 128 cm³/mol. The van der Waals surface area contributed by atoms with E-state index >= 15 is 0 Å². The number of nitrogens with one attached hydrogen (secondary N) is 1. The number of carbonyl (C=O) groups excluding carboxylic acids is 1. The molecule has 32 heavy (non-hydrogen) atoms. The number of rotatable bonds is 9. The molecule has 1 aliphatic heterocycles. The van der Waals surface area contributed by atoms with E-state index < -0.39 is 0 Å². The molecular weight excluding hydrogens is 402 g/mol. The van der Waals surface area contributed by atoms with E-state index in [0.717, 1.165) is 53.2 Å². The lowest BCUT2D eigenvalue weighted by Crippen LogP contribution is -2.34. The van der Waals surface area contributed by atoms with Crippen LogP contribution in [0.2, 0.25) is 0 Å². The molecule has 170 valence electrons. The van der Waals surface area contributed by atoms with Gasteiger partial charge in [-0.25, -0.2) is 0 Å². The first-order chi connectivity index (χ1) is 15.6. The summed E-state index contributed by atoms with van der Waals surface area (Å²) in [6.45, 7) is 3.87. The summed E-state index contributed by atoms with van der Waals surface area (Å²) in [6.07, 6.45) is 5.02. The molecule has 6 heteroatoms. The van der Waals surface area contributed by atoms with Gasteiger partial charge in [0, 0.05) is 55.6 Å². The van der Waals surface area contributed by atoms with Gasteiger partial charge < -0.3 is 24.3 Å². The minimum Gasteiger partial charge on any atom is -0.497 e. The number of para-hydroxylation sites is 1. The summed E-state index contributed by atoms with van der Waals surface area (Å²) < 4.78 is 13.1. The molecule has 4 rings (SSSR count). The number of aryl methyl sites for hydroxylation is 1. The second kappa shape index (κ2) is 10.1. The largest absolute Gasteiger partial charge is 0.497 e. The number of hydrogen-bond donors (Lipinski definition) is 1. The van der Waals surface area contributed by atoms with Crippen LogP contribution in [-0.2, 0) is 11.8 Å². The van der Waals surface area contributed by atoms with Gasteiger partial charge in [-0.15, -0.1) is 0 Å². The summed E-state index contributed by atoms with van der Waals surface area (Å²) in [5.41, 5.74) is 3.29. The average Bonchev–Trinajstić information content (AvgIpc) is 3.45. The first-order valence-corrected chi connectivity index (χ1v) is 11.3. The Balaban J connectivity index is 1.63. The molecule has 0 unspecified atom stereocenters. The number of carbonyl (C=O) groups is 1. The van der Waals surface area contributed by atoms with E-state index in [1.165, 1.54) is 12.8 Å². The highest BCUT2D eigenvalue weighted by Gasteiger charge is 2.24. The zero-order chi connectivity index (χ0) is 22.5. The predicted octanol–water partition coefficient (Wildman–Crippen LogP) is 3.93. The number of hydrogen-bond acceptors (Lipinski definition) is 4. The number of nitrogens with zero attached hydrogens (tertiary/aromatic N) is 2. The van der Waals surface area contributed by atoms with Gasteiger partial charge in [0.25, 0.3) is 0 Å². The Hall–Kier alpha value is -2.99. The van der Waals surface area contributed by atoms with Crippen molar-refractivity contribution in [3.05, 3.63) is 59.8 Å². The second-order valence-corrected chi connectivity index (χ2v) is 8.51. The van der Waals surface area contributed by atoms with Crippen molar-refractivity contribution in [2.45, 2.75) is 25.2 Å². The molecule has 2 aromatic carbocycles. The van der Waals surface area contributed by atoms with Crippen LogP contribution in [0.15, 0.2) is 48.7 Å². The van der Waals surface area contributed by atoms with Crippen LogP contribution < -0.4 is 14.8 Å². The molecule has 6 nitrogen and oxygen atoms in total. The van der Waals surface area contributed by atoms with E-state index in [2.05, 4.69) is 33.1 Å². The van der Waals surface area contributed by atoms with E-state index in [1.807, 2.05) is 37.4 Å². The average molecular weight is 436 g/mol. The van der Waals surface area contributed by atoms with Gasteiger partial charge in [-0.1, -0.05) is 18.2 Å². The highest BCUT2D eigenvalue weighted by atomic mass is 16.5. The van der Waals surface area contributed by atoms with Crippen molar-refractivity contribution in [2.24, 2.45) is 7.05 Å². The van der Waals surface area contributed by atoms with Crippen LogP contribution in [0, 0.1) is 0 Å². The normalized spacial score (nSPS) is 15.1. The molecule has 0 aliphatic carbocycles. The van der Waals surface area contributed by atoms with E-state index in [9.17, 15) is 4.79 Å².